The standard InChI is InChI=1S/C28H34N8O/c1-5-28(37)13-12-20-6-11-24(32-25(20)28)33-26-21(14-29)15-30-27(34-26)31-22-7-9-23(10-8-22)36-16-18(2)35(4)19(3)17-36/h6-11,15,18-19,37H,5,12-13,16-17H2,1-4H3,(H2,30,31,32,33,34). The molecule has 0 bridgehead atoms. The third-order valence-corrected chi connectivity index (χ3v) is 7.82. The minimum Gasteiger partial charge on any atom is -0.384 e. The van der Waals surface area contributed by atoms with Gasteiger partial charge in [-0.05, 0) is 76.1 Å². The van der Waals surface area contributed by atoms with Crippen molar-refractivity contribution < 1.29 is 5.11 Å². The van der Waals surface area contributed by atoms with E-state index in [1.54, 1.807) is 0 Å². The molecule has 1 aliphatic heterocycles. The summed E-state index contributed by atoms with van der Waals surface area (Å²) in [5.74, 6) is 1.28. The first-order valence-corrected chi connectivity index (χ1v) is 12.9. The highest BCUT2D eigenvalue weighted by atomic mass is 16.3. The Hall–Kier alpha value is -3.74. The summed E-state index contributed by atoms with van der Waals surface area (Å²) in [5, 5.41) is 26.9. The van der Waals surface area contributed by atoms with Crippen molar-refractivity contribution in [1.82, 2.24) is 19.9 Å². The number of aliphatic hydroxyl groups is 1. The first kappa shape index (κ1) is 24.9. The van der Waals surface area contributed by atoms with Crippen LogP contribution in [0, 0.1) is 11.3 Å². The van der Waals surface area contributed by atoms with E-state index in [0.29, 0.717) is 53.8 Å². The van der Waals surface area contributed by atoms with Gasteiger partial charge in [0, 0.05) is 36.5 Å². The molecule has 192 valence electrons. The number of nitrogens with one attached hydrogen (secondary N) is 2. The molecule has 0 amide bonds. The minimum absolute atomic E-state index is 0.312. The molecule has 1 aromatic carbocycles. The molecule has 3 heterocycles. The molecule has 0 spiro atoms. The maximum atomic E-state index is 10.9. The summed E-state index contributed by atoms with van der Waals surface area (Å²) in [7, 11) is 2.19. The van der Waals surface area contributed by atoms with Gasteiger partial charge in [-0.2, -0.15) is 10.2 Å². The summed E-state index contributed by atoms with van der Waals surface area (Å²) in [6, 6.07) is 15.2. The smallest absolute Gasteiger partial charge is 0.229 e. The summed E-state index contributed by atoms with van der Waals surface area (Å²) in [6.07, 6.45) is 3.58. The lowest BCUT2D eigenvalue weighted by molar-refractivity contribution is 0.0307. The third kappa shape index (κ3) is 4.95. The Kier molecular flexibility index (Phi) is 6.71. The number of pyridine rings is 1. The quantitative estimate of drug-likeness (QED) is 0.458. The third-order valence-electron chi connectivity index (χ3n) is 7.82. The van der Waals surface area contributed by atoms with Gasteiger partial charge in [-0.3, -0.25) is 4.90 Å². The average Bonchev–Trinajstić information content (AvgIpc) is 3.24. The number of fused-ring (bicyclic) bond motifs is 1. The minimum atomic E-state index is -0.907. The highest BCUT2D eigenvalue weighted by Crippen LogP contribution is 2.38. The highest BCUT2D eigenvalue weighted by Gasteiger charge is 2.36. The molecule has 1 saturated heterocycles. The lowest BCUT2D eigenvalue weighted by Gasteiger charge is -2.43. The summed E-state index contributed by atoms with van der Waals surface area (Å²) < 4.78 is 0. The number of aromatic nitrogens is 3. The summed E-state index contributed by atoms with van der Waals surface area (Å²) in [6.45, 7) is 8.47. The van der Waals surface area contributed by atoms with Crippen molar-refractivity contribution in [3.8, 4) is 6.07 Å². The molecule has 1 aliphatic carbocycles. The predicted molar refractivity (Wildman–Crippen MR) is 145 cm³/mol. The van der Waals surface area contributed by atoms with Crippen LogP contribution in [0.4, 0.5) is 29.0 Å². The van der Waals surface area contributed by atoms with Crippen LogP contribution in [0.25, 0.3) is 0 Å². The number of anilines is 5. The van der Waals surface area contributed by atoms with E-state index in [4.69, 9.17) is 0 Å². The molecule has 37 heavy (non-hydrogen) atoms. The fraction of sp³-hybridized carbons (Fsp3) is 0.429. The summed E-state index contributed by atoms with van der Waals surface area (Å²) in [5.41, 5.74) is 3.22. The van der Waals surface area contributed by atoms with E-state index in [1.165, 1.54) is 11.9 Å². The van der Waals surface area contributed by atoms with Crippen molar-refractivity contribution in [2.75, 3.05) is 35.7 Å². The van der Waals surface area contributed by atoms with Crippen LogP contribution in [-0.2, 0) is 12.0 Å². The fourth-order valence-corrected chi connectivity index (χ4v) is 5.21. The van der Waals surface area contributed by atoms with Crippen LogP contribution in [0.3, 0.4) is 0 Å². The Morgan fingerprint density at radius 1 is 1.08 bits per heavy atom. The van der Waals surface area contributed by atoms with Gasteiger partial charge in [-0.25, -0.2) is 9.97 Å². The Labute approximate surface area is 218 Å². The van der Waals surface area contributed by atoms with E-state index in [0.717, 1.165) is 30.8 Å². The monoisotopic (exact) mass is 498 g/mol. The molecule has 0 radical (unpaired) electrons. The van der Waals surface area contributed by atoms with Crippen molar-refractivity contribution in [2.45, 2.75) is 57.7 Å². The second-order valence-corrected chi connectivity index (χ2v) is 10.2. The molecule has 5 rings (SSSR count). The number of hydrogen-bond donors (Lipinski definition) is 3. The molecule has 3 atom stereocenters. The van der Waals surface area contributed by atoms with Gasteiger partial charge in [0.05, 0.1) is 11.9 Å². The second-order valence-electron chi connectivity index (χ2n) is 10.2. The lowest BCUT2D eigenvalue weighted by atomic mass is 9.98. The van der Waals surface area contributed by atoms with E-state index in [1.807, 2.05) is 31.2 Å². The van der Waals surface area contributed by atoms with Crippen molar-refractivity contribution in [2.24, 2.45) is 0 Å². The molecule has 3 unspecified atom stereocenters. The van der Waals surface area contributed by atoms with Gasteiger partial charge >= 0.3 is 0 Å². The average molecular weight is 499 g/mol. The van der Waals surface area contributed by atoms with Crippen molar-refractivity contribution in [1.29, 1.82) is 5.26 Å². The molecule has 3 N–H and O–H groups in total. The van der Waals surface area contributed by atoms with Crippen LogP contribution >= 0.6 is 0 Å². The van der Waals surface area contributed by atoms with Gasteiger partial charge < -0.3 is 20.6 Å². The molecule has 2 aliphatic rings. The van der Waals surface area contributed by atoms with E-state index in [9.17, 15) is 10.4 Å². The van der Waals surface area contributed by atoms with Crippen LogP contribution in [0.5, 0.6) is 0 Å². The van der Waals surface area contributed by atoms with Gasteiger partial charge in [0.15, 0.2) is 5.82 Å². The zero-order valence-electron chi connectivity index (χ0n) is 21.9. The number of benzene rings is 1. The molecule has 9 heteroatoms. The lowest BCUT2D eigenvalue weighted by Crippen LogP contribution is -2.55. The number of likely N-dealkylation sites (N-methyl/N-ethyl adjacent to an activating group) is 1. The predicted octanol–water partition coefficient (Wildman–Crippen LogP) is 4.30. The molecule has 9 nitrogen and oxygen atoms in total. The first-order chi connectivity index (χ1) is 17.8. The van der Waals surface area contributed by atoms with E-state index < -0.39 is 5.60 Å². The van der Waals surface area contributed by atoms with Crippen LogP contribution in [0.1, 0.15) is 50.4 Å². The Morgan fingerprint density at radius 3 is 2.49 bits per heavy atom. The number of piperazine rings is 1. The van der Waals surface area contributed by atoms with Crippen LogP contribution < -0.4 is 15.5 Å². The number of aryl methyl sites for hydroxylation is 1. The number of hydrogen-bond acceptors (Lipinski definition) is 9. The molecule has 3 aromatic rings. The zero-order chi connectivity index (χ0) is 26.2. The molecule has 0 saturated carbocycles. The van der Waals surface area contributed by atoms with Crippen LogP contribution in [0.2, 0.25) is 0 Å². The molecule has 2 aromatic heterocycles. The fourth-order valence-electron chi connectivity index (χ4n) is 5.21. The SMILES string of the molecule is CCC1(O)CCc2ccc(Nc3nc(Nc4ccc(N5CC(C)N(C)C(C)C5)cc4)ncc3C#N)nc21. The van der Waals surface area contributed by atoms with Gasteiger partial charge in [0.2, 0.25) is 5.95 Å². The Morgan fingerprint density at radius 2 is 1.81 bits per heavy atom. The van der Waals surface area contributed by atoms with E-state index in [2.05, 4.69) is 74.5 Å². The van der Waals surface area contributed by atoms with Gasteiger partial charge in [0.1, 0.15) is 23.1 Å². The topological polar surface area (TPSA) is 113 Å². The first-order valence-electron chi connectivity index (χ1n) is 12.9. The Balaban J connectivity index is 1.32. The van der Waals surface area contributed by atoms with Crippen LogP contribution in [-0.4, -0.2) is 57.2 Å². The number of nitriles is 1. The molecule has 1 fully saturated rings. The largest absolute Gasteiger partial charge is 0.384 e. The van der Waals surface area contributed by atoms with Gasteiger partial charge in [0.25, 0.3) is 0 Å². The van der Waals surface area contributed by atoms with Gasteiger partial charge in [-0.1, -0.05) is 13.0 Å². The van der Waals surface area contributed by atoms with E-state index >= 15 is 0 Å². The zero-order valence-corrected chi connectivity index (χ0v) is 21.9. The van der Waals surface area contributed by atoms with Crippen molar-refractivity contribution in [3.05, 3.63) is 59.4 Å². The highest BCUT2D eigenvalue weighted by molar-refractivity contribution is 5.65. The second kappa shape index (κ2) is 9.96. The normalized spacial score (nSPS) is 23.4. The summed E-state index contributed by atoms with van der Waals surface area (Å²) in [4.78, 5) is 18.4. The maximum Gasteiger partial charge on any atom is 0.229 e. The van der Waals surface area contributed by atoms with Crippen molar-refractivity contribution in [3.63, 3.8) is 0 Å². The van der Waals surface area contributed by atoms with E-state index in [-0.39, 0.29) is 0 Å². The Bertz CT molecular complexity index is 1310. The molecular formula is C28H34N8O. The van der Waals surface area contributed by atoms with Gasteiger partial charge in [-0.15, -0.1) is 0 Å². The maximum absolute atomic E-state index is 10.9. The summed E-state index contributed by atoms with van der Waals surface area (Å²) >= 11 is 0. The number of nitrogens with zero attached hydrogens (tertiary/aromatic N) is 6. The molecular weight excluding hydrogens is 464 g/mol. The van der Waals surface area contributed by atoms with Crippen LogP contribution in [0.15, 0.2) is 42.6 Å². The van der Waals surface area contributed by atoms with Crippen molar-refractivity contribution >= 4 is 29.0 Å². The number of rotatable bonds is 6.